The first-order valence-electron chi connectivity index (χ1n) is 7.95. The maximum Gasteiger partial charge on any atom is 0.264 e. The van der Waals surface area contributed by atoms with Crippen LogP contribution in [0.15, 0.2) is 0 Å². The van der Waals surface area contributed by atoms with Gasteiger partial charge in [0.1, 0.15) is 4.88 Å². The zero-order valence-electron chi connectivity index (χ0n) is 13.3. The number of carbonyl (C=O) groups excluding carboxylic acids is 1. The highest BCUT2D eigenvalue weighted by molar-refractivity contribution is 7.08. The Kier molecular flexibility index (Phi) is 6.11. The summed E-state index contributed by atoms with van der Waals surface area (Å²) in [7, 11) is 0. The molecule has 0 aromatic carbocycles. The van der Waals surface area contributed by atoms with Crippen molar-refractivity contribution >= 4 is 17.4 Å². The van der Waals surface area contributed by atoms with Gasteiger partial charge in [0.2, 0.25) is 0 Å². The Morgan fingerprint density at radius 3 is 2.76 bits per heavy atom. The molecule has 1 amide bonds. The molecule has 0 atom stereocenters. The highest BCUT2D eigenvalue weighted by Crippen LogP contribution is 2.19. The molecule has 5 nitrogen and oxygen atoms in total. The van der Waals surface area contributed by atoms with Crippen LogP contribution in [0, 0.1) is 5.92 Å². The second-order valence-corrected chi connectivity index (χ2v) is 6.84. The van der Waals surface area contributed by atoms with Crippen LogP contribution < -0.4 is 5.32 Å². The third kappa shape index (κ3) is 4.48. The van der Waals surface area contributed by atoms with Crippen LogP contribution in [0.4, 0.5) is 0 Å². The summed E-state index contributed by atoms with van der Waals surface area (Å²) in [6.45, 7) is 9.63. The number of amides is 1. The lowest BCUT2D eigenvalue weighted by Gasteiger charge is -2.34. The minimum Gasteiger partial charge on any atom is -0.351 e. The standard InChI is InChI=1S/C15H26N4OS/c1-4-5-13-14(21-18-17-13)15(20)16-10-12-6-8-19(9-7-12)11(2)3/h11-12H,4-10H2,1-3H3,(H,16,20). The summed E-state index contributed by atoms with van der Waals surface area (Å²) < 4.78 is 3.91. The van der Waals surface area contributed by atoms with Crippen LogP contribution >= 0.6 is 11.5 Å². The van der Waals surface area contributed by atoms with Gasteiger partial charge in [0.15, 0.2) is 0 Å². The Morgan fingerprint density at radius 2 is 2.14 bits per heavy atom. The van der Waals surface area contributed by atoms with Crippen molar-refractivity contribution in [2.75, 3.05) is 19.6 Å². The molecule has 1 aromatic heterocycles. The quantitative estimate of drug-likeness (QED) is 0.876. The smallest absolute Gasteiger partial charge is 0.264 e. The lowest BCUT2D eigenvalue weighted by atomic mass is 9.96. The van der Waals surface area contributed by atoms with E-state index in [0.29, 0.717) is 16.8 Å². The van der Waals surface area contributed by atoms with Crippen LogP contribution in [0.25, 0.3) is 0 Å². The topological polar surface area (TPSA) is 58.1 Å². The van der Waals surface area contributed by atoms with Crippen molar-refractivity contribution in [3.8, 4) is 0 Å². The summed E-state index contributed by atoms with van der Waals surface area (Å²) in [6.07, 6.45) is 4.15. The number of rotatable bonds is 6. The molecule has 1 N–H and O–H groups in total. The highest BCUT2D eigenvalue weighted by atomic mass is 32.1. The van der Waals surface area contributed by atoms with E-state index < -0.39 is 0 Å². The van der Waals surface area contributed by atoms with E-state index in [9.17, 15) is 4.79 Å². The molecule has 118 valence electrons. The van der Waals surface area contributed by atoms with E-state index in [2.05, 4.69) is 40.6 Å². The summed E-state index contributed by atoms with van der Waals surface area (Å²) >= 11 is 1.21. The van der Waals surface area contributed by atoms with E-state index in [1.807, 2.05) is 0 Å². The molecule has 1 saturated heterocycles. The molecular weight excluding hydrogens is 284 g/mol. The van der Waals surface area contributed by atoms with Crippen molar-refractivity contribution in [3.05, 3.63) is 10.6 Å². The van der Waals surface area contributed by atoms with Gasteiger partial charge >= 0.3 is 0 Å². The number of piperidine rings is 1. The molecule has 1 aliphatic heterocycles. The minimum atomic E-state index is -0.000242. The van der Waals surface area contributed by atoms with Crippen molar-refractivity contribution in [3.63, 3.8) is 0 Å². The summed E-state index contributed by atoms with van der Waals surface area (Å²) in [4.78, 5) is 15.4. The molecule has 0 bridgehead atoms. The third-order valence-corrected chi connectivity index (χ3v) is 4.95. The highest BCUT2D eigenvalue weighted by Gasteiger charge is 2.22. The average Bonchev–Trinajstić information content (AvgIpc) is 2.94. The normalized spacial score (nSPS) is 17.3. The van der Waals surface area contributed by atoms with Crippen LogP contribution in [0.2, 0.25) is 0 Å². The molecule has 0 unspecified atom stereocenters. The number of nitrogens with zero attached hydrogens (tertiary/aromatic N) is 3. The van der Waals surface area contributed by atoms with Crippen LogP contribution in [0.3, 0.4) is 0 Å². The lowest BCUT2D eigenvalue weighted by molar-refractivity contribution is 0.0932. The molecule has 2 heterocycles. The molecule has 1 fully saturated rings. The second kappa shape index (κ2) is 7.84. The Balaban J connectivity index is 1.78. The van der Waals surface area contributed by atoms with Crippen molar-refractivity contribution < 1.29 is 4.79 Å². The van der Waals surface area contributed by atoms with Crippen molar-refractivity contribution in [2.45, 2.75) is 52.5 Å². The van der Waals surface area contributed by atoms with Gasteiger partial charge in [0.05, 0.1) is 5.69 Å². The van der Waals surface area contributed by atoms with Gasteiger partial charge in [0.25, 0.3) is 5.91 Å². The van der Waals surface area contributed by atoms with Gasteiger partial charge in [-0.1, -0.05) is 17.8 Å². The number of likely N-dealkylation sites (tertiary alicyclic amines) is 1. The van der Waals surface area contributed by atoms with E-state index in [1.165, 1.54) is 24.4 Å². The Hall–Kier alpha value is -1.01. The molecule has 21 heavy (non-hydrogen) atoms. The van der Waals surface area contributed by atoms with E-state index in [-0.39, 0.29) is 5.91 Å². The fourth-order valence-corrected chi connectivity index (χ4v) is 3.40. The number of aryl methyl sites for hydroxylation is 1. The summed E-state index contributed by atoms with van der Waals surface area (Å²) in [6, 6.07) is 0.625. The van der Waals surface area contributed by atoms with E-state index >= 15 is 0 Å². The van der Waals surface area contributed by atoms with Gasteiger partial charge in [0, 0.05) is 12.6 Å². The maximum atomic E-state index is 12.2. The largest absolute Gasteiger partial charge is 0.351 e. The van der Waals surface area contributed by atoms with Gasteiger partial charge in [-0.2, -0.15) is 0 Å². The first-order chi connectivity index (χ1) is 10.1. The van der Waals surface area contributed by atoms with Crippen molar-refractivity contribution in [1.82, 2.24) is 19.8 Å². The summed E-state index contributed by atoms with van der Waals surface area (Å²) in [5.74, 6) is 0.596. The predicted molar refractivity (Wildman–Crippen MR) is 85.7 cm³/mol. The zero-order chi connectivity index (χ0) is 15.2. The summed E-state index contributed by atoms with van der Waals surface area (Å²) in [5.41, 5.74) is 0.842. The summed E-state index contributed by atoms with van der Waals surface area (Å²) in [5, 5.41) is 7.12. The van der Waals surface area contributed by atoms with E-state index in [0.717, 1.165) is 38.2 Å². The molecule has 6 heteroatoms. The Bertz CT molecular complexity index is 452. The first-order valence-corrected chi connectivity index (χ1v) is 8.72. The second-order valence-electron chi connectivity index (χ2n) is 6.08. The molecule has 0 aliphatic carbocycles. The van der Waals surface area contributed by atoms with Crippen LogP contribution in [-0.4, -0.2) is 46.1 Å². The molecule has 0 spiro atoms. The lowest BCUT2D eigenvalue weighted by Crippen LogP contribution is -2.41. The number of carbonyl (C=O) groups is 1. The van der Waals surface area contributed by atoms with Crippen molar-refractivity contribution in [1.29, 1.82) is 0 Å². The average molecular weight is 310 g/mol. The molecule has 2 rings (SSSR count). The van der Waals surface area contributed by atoms with Crippen LogP contribution in [-0.2, 0) is 6.42 Å². The zero-order valence-corrected chi connectivity index (χ0v) is 14.1. The van der Waals surface area contributed by atoms with E-state index in [1.54, 1.807) is 0 Å². The van der Waals surface area contributed by atoms with Crippen LogP contribution in [0.1, 0.15) is 55.4 Å². The molecule has 1 aliphatic rings. The number of aromatic nitrogens is 2. The van der Waals surface area contributed by atoms with Gasteiger partial charge in [-0.15, -0.1) is 5.10 Å². The molecule has 0 radical (unpaired) electrons. The molecule has 1 aromatic rings. The minimum absolute atomic E-state index is 0.000242. The molecular formula is C15H26N4OS. The Labute approximate surface area is 131 Å². The van der Waals surface area contributed by atoms with Gasteiger partial charge in [-0.25, -0.2) is 0 Å². The van der Waals surface area contributed by atoms with Gasteiger partial charge in [-0.05, 0) is 63.6 Å². The molecule has 0 saturated carbocycles. The SMILES string of the molecule is CCCc1nnsc1C(=O)NCC1CCN(C(C)C)CC1. The fourth-order valence-electron chi connectivity index (χ4n) is 2.77. The van der Waals surface area contributed by atoms with Crippen LogP contribution in [0.5, 0.6) is 0 Å². The predicted octanol–water partition coefficient (Wildman–Crippen LogP) is 2.34. The van der Waals surface area contributed by atoms with Gasteiger partial charge < -0.3 is 10.2 Å². The Morgan fingerprint density at radius 1 is 1.43 bits per heavy atom. The first kappa shape index (κ1) is 16.4. The van der Waals surface area contributed by atoms with E-state index in [4.69, 9.17) is 0 Å². The van der Waals surface area contributed by atoms with Crippen molar-refractivity contribution in [2.24, 2.45) is 5.92 Å². The third-order valence-electron chi connectivity index (χ3n) is 4.18. The monoisotopic (exact) mass is 310 g/mol. The maximum absolute atomic E-state index is 12.2. The number of hydrogen-bond acceptors (Lipinski definition) is 5. The van der Waals surface area contributed by atoms with Gasteiger partial charge in [-0.3, -0.25) is 4.79 Å². The number of hydrogen-bond donors (Lipinski definition) is 1. The number of nitrogens with one attached hydrogen (secondary N) is 1. The fraction of sp³-hybridized carbons (Fsp3) is 0.800.